The molecule has 0 aliphatic heterocycles. The number of halogens is 1. The lowest BCUT2D eigenvalue weighted by Gasteiger charge is -2.15. The molecule has 37 heavy (non-hydrogen) atoms. The number of methoxy groups -OCH3 is 2. The molecule has 0 saturated carbocycles. The fourth-order valence-electron chi connectivity index (χ4n) is 4.09. The van der Waals surface area contributed by atoms with E-state index in [1.165, 1.54) is 39.0 Å². The summed E-state index contributed by atoms with van der Waals surface area (Å²) in [4.78, 5) is 28.3. The molecule has 2 N–H and O–H groups in total. The predicted molar refractivity (Wildman–Crippen MR) is 135 cm³/mol. The molecule has 0 atom stereocenters. The van der Waals surface area contributed by atoms with E-state index in [-0.39, 0.29) is 23.8 Å². The largest absolute Gasteiger partial charge is 0.493 e. The van der Waals surface area contributed by atoms with Gasteiger partial charge in [0, 0.05) is 13.1 Å². The molecule has 0 fully saturated rings. The minimum Gasteiger partial charge on any atom is -0.493 e. The number of nitrogens with zero attached hydrogens (tertiary/aromatic N) is 1. The second kappa shape index (κ2) is 11.0. The van der Waals surface area contributed by atoms with Gasteiger partial charge in [-0.25, -0.2) is 14.2 Å². The quantitative estimate of drug-likeness (QED) is 0.455. The Hall–Kier alpha value is -4.60. The maximum atomic E-state index is 14.2. The van der Waals surface area contributed by atoms with Crippen LogP contribution in [0.25, 0.3) is 17.2 Å². The van der Waals surface area contributed by atoms with Gasteiger partial charge in [0.2, 0.25) is 5.75 Å². The molecule has 1 aliphatic rings. The average molecular weight is 508 g/mol. The van der Waals surface area contributed by atoms with Gasteiger partial charge in [0.1, 0.15) is 12.1 Å². The van der Waals surface area contributed by atoms with Crippen LogP contribution in [0.4, 0.5) is 9.18 Å². The Morgan fingerprint density at radius 3 is 2.43 bits per heavy atom. The van der Waals surface area contributed by atoms with Gasteiger partial charge in [0.15, 0.2) is 23.6 Å². The lowest BCUT2D eigenvalue weighted by molar-refractivity contribution is 0.0953. The monoisotopic (exact) mass is 507 g/mol. The van der Waals surface area contributed by atoms with Crippen molar-refractivity contribution in [3.05, 3.63) is 76.8 Å². The Labute approximate surface area is 212 Å². The SMILES string of the molecule is CCNC(=O)Oc1c(OC)cc(/C=C2/C(C)=C(CNC(=O)c3cocn3)c3cc(F)ccc32)cc1OC. The van der Waals surface area contributed by atoms with Crippen LogP contribution in [0.15, 0.2) is 53.0 Å². The third-order valence-corrected chi connectivity index (χ3v) is 5.85. The van der Waals surface area contributed by atoms with Gasteiger partial charge in [0.25, 0.3) is 5.91 Å². The number of benzene rings is 2. The first kappa shape index (κ1) is 25.5. The number of allylic oxidation sites excluding steroid dienone is 2. The van der Waals surface area contributed by atoms with Crippen molar-refractivity contribution in [1.82, 2.24) is 15.6 Å². The van der Waals surface area contributed by atoms with Gasteiger partial charge in [-0.3, -0.25) is 4.79 Å². The molecule has 3 aromatic rings. The number of hydrogen-bond acceptors (Lipinski definition) is 7. The van der Waals surface area contributed by atoms with Gasteiger partial charge < -0.3 is 29.3 Å². The highest BCUT2D eigenvalue weighted by molar-refractivity contribution is 6.06. The molecule has 1 aromatic heterocycles. The molecule has 2 aromatic carbocycles. The van der Waals surface area contributed by atoms with E-state index in [4.69, 9.17) is 18.6 Å². The number of carbonyl (C=O) groups is 2. The van der Waals surface area contributed by atoms with Crippen molar-refractivity contribution in [2.24, 2.45) is 0 Å². The van der Waals surface area contributed by atoms with E-state index in [1.54, 1.807) is 25.1 Å². The molecular formula is C27H26FN3O6. The molecule has 0 unspecified atom stereocenters. The van der Waals surface area contributed by atoms with Crippen LogP contribution < -0.4 is 24.8 Å². The highest BCUT2D eigenvalue weighted by atomic mass is 19.1. The molecule has 1 heterocycles. The number of amides is 2. The minimum atomic E-state index is -0.631. The van der Waals surface area contributed by atoms with Crippen LogP contribution in [0.2, 0.25) is 0 Å². The number of hydrogen-bond donors (Lipinski definition) is 2. The Kier molecular flexibility index (Phi) is 7.57. The molecule has 192 valence electrons. The topological polar surface area (TPSA) is 112 Å². The van der Waals surface area contributed by atoms with E-state index in [2.05, 4.69) is 15.6 Å². The summed E-state index contributed by atoms with van der Waals surface area (Å²) < 4.78 is 35.4. The van der Waals surface area contributed by atoms with Gasteiger partial charge in [-0.05, 0) is 77.6 Å². The zero-order valence-corrected chi connectivity index (χ0v) is 20.8. The second-order valence-corrected chi connectivity index (χ2v) is 8.08. The highest BCUT2D eigenvalue weighted by Crippen LogP contribution is 2.44. The smallest absolute Gasteiger partial charge is 0.412 e. The van der Waals surface area contributed by atoms with Crippen molar-refractivity contribution in [1.29, 1.82) is 0 Å². The van der Waals surface area contributed by atoms with E-state index >= 15 is 0 Å². The zero-order valence-electron chi connectivity index (χ0n) is 20.8. The second-order valence-electron chi connectivity index (χ2n) is 8.08. The van der Waals surface area contributed by atoms with Crippen molar-refractivity contribution in [2.75, 3.05) is 27.3 Å². The van der Waals surface area contributed by atoms with Crippen LogP contribution in [-0.2, 0) is 0 Å². The summed E-state index contributed by atoms with van der Waals surface area (Å²) in [5, 5.41) is 5.38. The summed E-state index contributed by atoms with van der Waals surface area (Å²) in [5.74, 6) is -0.0338. The first-order valence-corrected chi connectivity index (χ1v) is 11.5. The molecule has 0 spiro atoms. The van der Waals surface area contributed by atoms with Gasteiger partial charge in [-0.1, -0.05) is 6.07 Å². The van der Waals surface area contributed by atoms with Crippen LogP contribution in [0.3, 0.4) is 0 Å². The minimum absolute atomic E-state index is 0.149. The molecule has 9 nitrogen and oxygen atoms in total. The maximum Gasteiger partial charge on any atom is 0.412 e. The first-order chi connectivity index (χ1) is 17.9. The lowest BCUT2D eigenvalue weighted by atomic mass is 10.00. The number of oxazole rings is 1. The molecule has 4 rings (SSSR count). The predicted octanol–water partition coefficient (Wildman–Crippen LogP) is 4.70. The van der Waals surface area contributed by atoms with Crippen molar-refractivity contribution in [3.63, 3.8) is 0 Å². The normalized spacial score (nSPS) is 13.4. The summed E-state index contributed by atoms with van der Waals surface area (Å²) in [6.45, 7) is 4.25. The zero-order chi connectivity index (χ0) is 26.5. The van der Waals surface area contributed by atoms with Gasteiger partial charge in [-0.15, -0.1) is 0 Å². The van der Waals surface area contributed by atoms with E-state index in [0.717, 1.165) is 22.3 Å². The summed E-state index contributed by atoms with van der Waals surface area (Å²) in [7, 11) is 2.93. The van der Waals surface area contributed by atoms with Crippen LogP contribution in [-0.4, -0.2) is 44.3 Å². The Morgan fingerprint density at radius 1 is 1.08 bits per heavy atom. The fourth-order valence-corrected chi connectivity index (χ4v) is 4.09. The summed E-state index contributed by atoms with van der Waals surface area (Å²) in [6, 6.07) is 7.96. The third kappa shape index (κ3) is 5.32. The maximum absolute atomic E-state index is 14.2. The van der Waals surface area contributed by atoms with E-state index in [0.29, 0.717) is 29.2 Å². The Bertz CT molecular complexity index is 1370. The number of fused-ring (bicyclic) bond motifs is 1. The number of ether oxygens (including phenoxy) is 3. The molecule has 0 bridgehead atoms. The van der Waals surface area contributed by atoms with Crippen molar-refractivity contribution in [3.8, 4) is 17.2 Å². The average Bonchev–Trinajstić information content (AvgIpc) is 3.51. The Balaban J connectivity index is 1.72. The highest BCUT2D eigenvalue weighted by Gasteiger charge is 2.25. The van der Waals surface area contributed by atoms with Crippen molar-refractivity contribution in [2.45, 2.75) is 13.8 Å². The van der Waals surface area contributed by atoms with Crippen molar-refractivity contribution >= 4 is 29.2 Å². The third-order valence-electron chi connectivity index (χ3n) is 5.85. The van der Waals surface area contributed by atoms with E-state index < -0.39 is 12.0 Å². The van der Waals surface area contributed by atoms with Crippen molar-refractivity contribution < 1.29 is 32.6 Å². The van der Waals surface area contributed by atoms with Crippen LogP contribution in [0.5, 0.6) is 17.2 Å². The Morgan fingerprint density at radius 2 is 1.81 bits per heavy atom. The molecule has 2 amide bonds. The number of rotatable bonds is 8. The van der Waals surface area contributed by atoms with E-state index in [1.807, 2.05) is 13.0 Å². The van der Waals surface area contributed by atoms with Gasteiger partial charge in [-0.2, -0.15) is 0 Å². The first-order valence-electron chi connectivity index (χ1n) is 11.5. The fraction of sp³-hybridized carbons (Fsp3) is 0.222. The van der Waals surface area contributed by atoms with Crippen LogP contribution >= 0.6 is 0 Å². The molecule has 1 aliphatic carbocycles. The molecule has 0 saturated heterocycles. The molecule has 0 radical (unpaired) electrons. The number of nitrogens with one attached hydrogen (secondary N) is 2. The molecular weight excluding hydrogens is 481 g/mol. The molecule has 10 heteroatoms. The summed E-state index contributed by atoms with van der Waals surface area (Å²) >= 11 is 0. The van der Waals surface area contributed by atoms with Gasteiger partial charge in [0.05, 0.1) is 14.2 Å². The van der Waals surface area contributed by atoms with E-state index in [9.17, 15) is 14.0 Å². The lowest BCUT2D eigenvalue weighted by Crippen LogP contribution is -2.26. The standard InChI is InChI=1S/C27H26FN3O6/c1-5-29-27(33)37-25-23(34-3)9-16(10-24(25)35-4)8-19-15(2)21(20-11-17(28)6-7-18(19)20)12-30-26(32)22-13-36-14-31-22/h6-11,13-14H,5,12H2,1-4H3,(H,29,33)(H,30,32)/b19-8-. The van der Waals surface area contributed by atoms with Gasteiger partial charge >= 0.3 is 6.09 Å². The summed E-state index contributed by atoms with van der Waals surface area (Å²) in [5.41, 5.74) is 4.82. The van der Waals surface area contributed by atoms with Crippen LogP contribution in [0, 0.1) is 5.82 Å². The number of aromatic nitrogens is 1. The van der Waals surface area contributed by atoms with Crippen LogP contribution in [0.1, 0.15) is 41.0 Å². The number of carbonyl (C=O) groups excluding carboxylic acids is 2. The summed E-state index contributed by atoms with van der Waals surface area (Å²) in [6.07, 6.45) is 3.70.